The molecule has 0 aromatic carbocycles. The van der Waals surface area contributed by atoms with E-state index in [-0.39, 0.29) is 12.0 Å². The van der Waals surface area contributed by atoms with Crippen LogP contribution >= 0.6 is 0 Å². The average molecular weight is 203 g/mol. The number of nitrogens with one attached hydrogen (secondary N) is 1. The highest BCUT2D eigenvalue weighted by atomic mass is 19.1. The zero-order valence-corrected chi connectivity index (χ0v) is 9.26. The van der Waals surface area contributed by atoms with Crippen molar-refractivity contribution in [1.82, 2.24) is 5.32 Å². The molecule has 2 nitrogen and oxygen atoms in total. The molecule has 0 saturated carbocycles. The first kappa shape index (κ1) is 11.9. The van der Waals surface area contributed by atoms with Crippen LogP contribution in [0.25, 0.3) is 0 Å². The van der Waals surface area contributed by atoms with Crippen LogP contribution in [0, 0.1) is 5.92 Å². The molecule has 0 radical (unpaired) electrons. The molecule has 0 aromatic heterocycles. The normalized spacial score (nSPS) is 27.2. The summed E-state index contributed by atoms with van der Waals surface area (Å²) in [4.78, 5) is 0. The molecule has 1 fully saturated rings. The number of halogens is 1. The van der Waals surface area contributed by atoms with Crippen LogP contribution in [-0.4, -0.2) is 32.5 Å². The van der Waals surface area contributed by atoms with E-state index in [1.807, 2.05) is 6.92 Å². The summed E-state index contributed by atoms with van der Waals surface area (Å²) < 4.78 is 18.9. The van der Waals surface area contributed by atoms with Gasteiger partial charge in [0.25, 0.3) is 0 Å². The molecule has 3 heteroatoms. The van der Waals surface area contributed by atoms with Gasteiger partial charge in [-0.2, -0.15) is 0 Å². The summed E-state index contributed by atoms with van der Waals surface area (Å²) >= 11 is 0. The first-order valence-electron chi connectivity index (χ1n) is 5.62. The van der Waals surface area contributed by atoms with Gasteiger partial charge in [0.2, 0.25) is 0 Å². The van der Waals surface area contributed by atoms with E-state index in [0.29, 0.717) is 6.61 Å². The highest BCUT2D eigenvalue weighted by Gasteiger charge is 2.27. The Bertz CT molecular complexity index is 148. The van der Waals surface area contributed by atoms with Crippen LogP contribution in [0.2, 0.25) is 0 Å². The van der Waals surface area contributed by atoms with Crippen molar-refractivity contribution in [3.8, 4) is 0 Å². The van der Waals surface area contributed by atoms with Crippen LogP contribution in [0.4, 0.5) is 4.39 Å². The van der Waals surface area contributed by atoms with Crippen molar-refractivity contribution in [2.75, 3.05) is 20.3 Å². The Morgan fingerprint density at radius 3 is 2.86 bits per heavy atom. The monoisotopic (exact) mass is 203 g/mol. The lowest BCUT2D eigenvalue weighted by molar-refractivity contribution is 0.118. The van der Waals surface area contributed by atoms with Crippen LogP contribution < -0.4 is 5.32 Å². The molecule has 1 N–H and O–H groups in total. The summed E-state index contributed by atoms with van der Waals surface area (Å²) in [6.45, 7) is 3.61. The lowest BCUT2D eigenvalue weighted by Crippen LogP contribution is -2.43. The third-order valence-electron chi connectivity index (χ3n) is 3.05. The first-order chi connectivity index (χ1) is 6.75. The molecule has 1 aliphatic rings. The topological polar surface area (TPSA) is 21.3 Å². The number of hydrogen-bond donors (Lipinski definition) is 1. The Morgan fingerprint density at radius 2 is 2.29 bits per heavy atom. The van der Waals surface area contributed by atoms with Crippen LogP contribution in [-0.2, 0) is 4.74 Å². The van der Waals surface area contributed by atoms with Gasteiger partial charge in [-0.15, -0.1) is 0 Å². The van der Waals surface area contributed by atoms with Crippen molar-refractivity contribution in [2.45, 2.75) is 44.8 Å². The summed E-state index contributed by atoms with van der Waals surface area (Å²) in [5.74, 6) is 0.102. The van der Waals surface area contributed by atoms with Crippen LogP contribution in [0.15, 0.2) is 0 Å². The maximum absolute atomic E-state index is 13.9. The summed E-state index contributed by atoms with van der Waals surface area (Å²) in [6, 6.07) is 0.0793. The fourth-order valence-electron chi connectivity index (χ4n) is 2.01. The summed E-state index contributed by atoms with van der Waals surface area (Å²) in [7, 11) is 1.67. The number of ether oxygens (including phenoxy) is 1. The summed E-state index contributed by atoms with van der Waals surface area (Å²) in [5, 5.41) is 3.26. The molecule has 84 valence electrons. The average Bonchev–Trinajstić information content (AvgIpc) is 2.26. The molecule has 1 saturated heterocycles. The Hall–Kier alpha value is -0.150. The second kappa shape index (κ2) is 6.36. The summed E-state index contributed by atoms with van der Waals surface area (Å²) in [6.07, 6.45) is 3.43. The fourth-order valence-corrected chi connectivity index (χ4v) is 2.01. The minimum atomic E-state index is -0.717. The first-order valence-corrected chi connectivity index (χ1v) is 5.62. The number of rotatable bonds is 5. The zero-order valence-electron chi connectivity index (χ0n) is 9.26. The van der Waals surface area contributed by atoms with Crippen LogP contribution in [0.5, 0.6) is 0 Å². The van der Waals surface area contributed by atoms with E-state index >= 15 is 0 Å². The van der Waals surface area contributed by atoms with E-state index in [2.05, 4.69) is 5.32 Å². The maximum atomic E-state index is 13.9. The second-order valence-corrected chi connectivity index (χ2v) is 4.26. The molecule has 3 unspecified atom stereocenters. The number of methoxy groups -OCH3 is 1. The Morgan fingerprint density at radius 1 is 1.50 bits per heavy atom. The molecule has 14 heavy (non-hydrogen) atoms. The van der Waals surface area contributed by atoms with Crippen LogP contribution in [0.1, 0.15) is 32.6 Å². The van der Waals surface area contributed by atoms with Gasteiger partial charge in [-0.1, -0.05) is 13.3 Å². The molecule has 0 amide bonds. The predicted octanol–water partition coefficient (Wildman–Crippen LogP) is 2.14. The highest BCUT2D eigenvalue weighted by molar-refractivity contribution is 4.82. The minimum absolute atomic E-state index is 0.0793. The van der Waals surface area contributed by atoms with Gasteiger partial charge in [0.15, 0.2) is 0 Å². The third kappa shape index (κ3) is 3.54. The van der Waals surface area contributed by atoms with Gasteiger partial charge >= 0.3 is 0 Å². The largest absolute Gasteiger partial charge is 0.385 e. The van der Waals surface area contributed by atoms with Crippen molar-refractivity contribution in [1.29, 1.82) is 0 Å². The standard InChI is InChI=1S/C11H22FNO/c1-9(6-8-14-2)11(12)10-5-3-4-7-13-10/h9-11,13H,3-8H2,1-2H3. The molecule has 0 aliphatic carbocycles. The van der Waals surface area contributed by atoms with Gasteiger partial charge in [-0.25, -0.2) is 4.39 Å². The predicted molar refractivity (Wildman–Crippen MR) is 56.2 cm³/mol. The van der Waals surface area contributed by atoms with Gasteiger partial charge < -0.3 is 10.1 Å². The van der Waals surface area contributed by atoms with Gasteiger partial charge in [-0.3, -0.25) is 0 Å². The molecule has 0 spiro atoms. The quantitative estimate of drug-likeness (QED) is 0.739. The van der Waals surface area contributed by atoms with Crippen LogP contribution in [0.3, 0.4) is 0 Å². The van der Waals surface area contributed by atoms with Crippen molar-refractivity contribution < 1.29 is 9.13 Å². The van der Waals surface area contributed by atoms with E-state index in [1.165, 1.54) is 6.42 Å². The van der Waals surface area contributed by atoms with E-state index < -0.39 is 6.17 Å². The Balaban J connectivity index is 2.26. The zero-order chi connectivity index (χ0) is 10.4. The van der Waals surface area contributed by atoms with Crippen molar-refractivity contribution in [2.24, 2.45) is 5.92 Å². The van der Waals surface area contributed by atoms with E-state index in [0.717, 1.165) is 25.8 Å². The van der Waals surface area contributed by atoms with Gasteiger partial charge in [-0.05, 0) is 31.7 Å². The molecular weight excluding hydrogens is 181 g/mol. The molecule has 1 heterocycles. The van der Waals surface area contributed by atoms with Crippen molar-refractivity contribution in [3.63, 3.8) is 0 Å². The Labute approximate surface area is 86.2 Å². The van der Waals surface area contributed by atoms with E-state index in [9.17, 15) is 4.39 Å². The smallest absolute Gasteiger partial charge is 0.118 e. The maximum Gasteiger partial charge on any atom is 0.118 e. The lowest BCUT2D eigenvalue weighted by Gasteiger charge is -2.29. The number of alkyl halides is 1. The van der Waals surface area contributed by atoms with E-state index in [1.54, 1.807) is 7.11 Å². The minimum Gasteiger partial charge on any atom is -0.385 e. The molecular formula is C11H22FNO. The van der Waals surface area contributed by atoms with Gasteiger partial charge in [0.1, 0.15) is 6.17 Å². The molecule has 3 atom stereocenters. The fraction of sp³-hybridized carbons (Fsp3) is 1.00. The number of piperidine rings is 1. The van der Waals surface area contributed by atoms with Gasteiger partial charge in [0, 0.05) is 19.8 Å². The number of hydrogen-bond acceptors (Lipinski definition) is 2. The second-order valence-electron chi connectivity index (χ2n) is 4.26. The molecule has 1 aliphatic heterocycles. The molecule has 0 bridgehead atoms. The highest BCUT2D eigenvalue weighted by Crippen LogP contribution is 2.21. The SMILES string of the molecule is COCCC(C)C(F)C1CCCCN1. The third-order valence-corrected chi connectivity index (χ3v) is 3.05. The summed E-state index contributed by atoms with van der Waals surface area (Å²) in [5.41, 5.74) is 0. The molecule has 1 rings (SSSR count). The van der Waals surface area contributed by atoms with Gasteiger partial charge in [0.05, 0.1) is 0 Å². The Kier molecular flexibility index (Phi) is 5.41. The van der Waals surface area contributed by atoms with Crippen molar-refractivity contribution >= 4 is 0 Å². The molecule has 0 aromatic rings. The van der Waals surface area contributed by atoms with E-state index in [4.69, 9.17) is 4.74 Å². The lowest BCUT2D eigenvalue weighted by atomic mass is 9.91. The van der Waals surface area contributed by atoms with Crippen molar-refractivity contribution in [3.05, 3.63) is 0 Å².